The van der Waals surface area contributed by atoms with Crippen LogP contribution in [0.1, 0.15) is 5.56 Å². The summed E-state index contributed by atoms with van der Waals surface area (Å²) in [5.74, 6) is -0.661. The summed E-state index contributed by atoms with van der Waals surface area (Å²) in [6.45, 7) is 0. The Morgan fingerprint density at radius 1 is 1.38 bits per heavy atom. The molecule has 0 spiro atoms. The minimum atomic E-state index is -0.649. The van der Waals surface area contributed by atoms with Gasteiger partial charge in [0.25, 0.3) is 0 Å². The summed E-state index contributed by atoms with van der Waals surface area (Å²) in [7, 11) is 0. The van der Waals surface area contributed by atoms with E-state index in [0.717, 1.165) is 6.08 Å². The summed E-state index contributed by atoms with van der Waals surface area (Å²) in [5, 5.41) is 28.1. The highest BCUT2D eigenvalue weighted by molar-refractivity contribution is 5.60. The van der Waals surface area contributed by atoms with E-state index < -0.39 is 4.92 Å². The van der Waals surface area contributed by atoms with Crippen LogP contribution in [-0.4, -0.2) is 15.1 Å². The van der Waals surface area contributed by atoms with Crippen molar-refractivity contribution >= 4 is 6.08 Å². The number of hydrogen-bond acceptors (Lipinski definition) is 4. The van der Waals surface area contributed by atoms with Crippen molar-refractivity contribution < 1.29 is 15.1 Å². The Morgan fingerprint density at radius 2 is 2.08 bits per heavy atom. The third kappa shape index (κ3) is 2.19. The van der Waals surface area contributed by atoms with Gasteiger partial charge in [-0.1, -0.05) is 12.1 Å². The molecule has 68 valence electrons. The number of nitro groups is 1. The Labute approximate surface area is 73.7 Å². The standard InChI is InChI=1S/C8H7NO4/c10-7-3-1-2-6(8(7)11)4-5-9(12)13/h1-5,10-11H/b5-4+. The van der Waals surface area contributed by atoms with Crippen LogP contribution in [-0.2, 0) is 0 Å². The zero-order valence-corrected chi connectivity index (χ0v) is 6.54. The molecule has 0 fully saturated rings. The average molecular weight is 181 g/mol. The first-order valence-electron chi connectivity index (χ1n) is 3.44. The predicted molar refractivity (Wildman–Crippen MR) is 45.8 cm³/mol. The number of hydrogen-bond donors (Lipinski definition) is 2. The minimum Gasteiger partial charge on any atom is -0.504 e. The van der Waals surface area contributed by atoms with Crippen molar-refractivity contribution in [2.45, 2.75) is 0 Å². The van der Waals surface area contributed by atoms with Gasteiger partial charge in [0.15, 0.2) is 11.5 Å². The van der Waals surface area contributed by atoms with Crippen molar-refractivity contribution in [2.75, 3.05) is 0 Å². The van der Waals surface area contributed by atoms with Crippen molar-refractivity contribution in [2.24, 2.45) is 0 Å². The first-order chi connectivity index (χ1) is 6.11. The fraction of sp³-hybridized carbons (Fsp3) is 0. The molecule has 0 atom stereocenters. The van der Waals surface area contributed by atoms with Crippen LogP contribution in [0.25, 0.3) is 6.08 Å². The maximum atomic E-state index is 9.94. The molecule has 1 rings (SSSR count). The van der Waals surface area contributed by atoms with Gasteiger partial charge in [0.1, 0.15) is 0 Å². The first-order valence-corrected chi connectivity index (χ1v) is 3.44. The van der Waals surface area contributed by atoms with Crippen molar-refractivity contribution in [1.29, 1.82) is 0 Å². The van der Waals surface area contributed by atoms with E-state index in [0.29, 0.717) is 6.20 Å². The summed E-state index contributed by atoms with van der Waals surface area (Å²) < 4.78 is 0. The van der Waals surface area contributed by atoms with E-state index >= 15 is 0 Å². The second kappa shape index (κ2) is 3.57. The number of benzene rings is 1. The lowest BCUT2D eigenvalue weighted by molar-refractivity contribution is -0.400. The van der Waals surface area contributed by atoms with Gasteiger partial charge in [-0.2, -0.15) is 0 Å². The fourth-order valence-electron chi connectivity index (χ4n) is 0.824. The van der Waals surface area contributed by atoms with Gasteiger partial charge in [-0.25, -0.2) is 0 Å². The van der Waals surface area contributed by atoms with E-state index in [2.05, 4.69) is 0 Å². The molecule has 0 saturated carbocycles. The number of para-hydroxylation sites is 1. The molecule has 0 unspecified atom stereocenters. The summed E-state index contributed by atoms with van der Waals surface area (Å²) >= 11 is 0. The summed E-state index contributed by atoms with van der Waals surface area (Å²) in [4.78, 5) is 9.29. The van der Waals surface area contributed by atoms with Gasteiger partial charge in [-0.05, 0) is 6.07 Å². The zero-order valence-electron chi connectivity index (χ0n) is 6.54. The maximum Gasteiger partial charge on any atom is 0.235 e. The lowest BCUT2D eigenvalue weighted by Gasteiger charge is -1.98. The molecule has 0 aliphatic heterocycles. The quantitative estimate of drug-likeness (QED) is 0.409. The maximum absolute atomic E-state index is 9.94. The van der Waals surface area contributed by atoms with Crippen molar-refractivity contribution in [1.82, 2.24) is 0 Å². The number of phenols is 2. The normalized spacial score (nSPS) is 10.5. The average Bonchev–Trinajstić information content (AvgIpc) is 2.07. The Hall–Kier alpha value is -2.04. The molecule has 0 aliphatic rings. The molecule has 0 saturated heterocycles. The van der Waals surface area contributed by atoms with E-state index in [1.165, 1.54) is 18.2 Å². The van der Waals surface area contributed by atoms with Crippen LogP contribution in [0.15, 0.2) is 24.4 Å². The summed E-state index contributed by atoms with van der Waals surface area (Å²) in [5.41, 5.74) is 0.205. The Morgan fingerprint density at radius 3 is 2.69 bits per heavy atom. The topological polar surface area (TPSA) is 83.6 Å². The van der Waals surface area contributed by atoms with Crippen molar-refractivity contribution in [3.05, 3.63) is 40.1 Å². The number of nitrogens with zero attached hydrogens (tertiary/aromatic N) is 1. The molecular weight excluding hydrogens is 174 g/mol. The van der Waals surface area contributed by atoms with Gasteiger partial charge in [0, 0.05) is 11.6 Å². The van der Waals surface area contributed by atoms with E-state index in [1.54, 1.807) is 0 Å². The second-order valence-electron chi connectivity index (χ2n) is 2.32. The summed E-state index contributed by atoms with van der Waals surface area (Å²) in [6.07, 6.45) is 1.80. The highest BCUT2D eigenvalue weighted by Crippen LogP contribution is 2.28. The van der Waals surface area contributed by atoms with Crippen molar-refractivity contribution in [3.63, 3.8) is 0 Å². The first kappa shape index (κ1) is 9.05. The number of rotatable bonds is 2. The van der Waals surface area contributed by atoms with Gasteiger partial charge >= 0.3 is 0 Å². The number of phenolic OH excluding ortho intramolecular Hbond substituents is 2. The van der Waals surface area contributed by atoms with E-state index in [4.69, 9.17) is 5.11 Å². The van der Waals surface area contributed by atoms with Gasteiger partial charge in [-0.3, -0.25) is 10.1 Å². The Balaban J connectivity index is 3.02. The van der Waals surface area contributed by atoms with Gasteiger partial charge < -0.3 is 10.2 Å². The van der Waals surface area contributed by atoms with Crippen LogP contribution in [0, 0.1) is 10.1 Å². The Kier molecular flexibility index (Phi) is 2.49. The molecule has 0 radical (unpaired) electrons. The van der Waals surface area contributed by atoms with Gasteiger partial charge in [0.05, 0.1) is 4.92 Å². The molecule has 1 aromatic rings. The van der Waals surface area contributed by atoms with Crippen LogP contribution in [0.4, 0.5) is 0 Å². The van der Waals surface area contributed by atoms with E-state index in [9.17, 15) is 15.2 Å². The molecule has 13 heavy (non-hydrogen) atoms. The lowest BCUT2D eigenvalue weighted by Crippen LogP contribution is -1.82. The van der Waals surface area contributed by atoms with Crippen LogP contribution in [0.3, 0.4) is 0 Å². The fourth-order valence-corrected chi connectivity index (χ4v) is 0.824. The highest BCUT2D eigenvalue weighted by Gasteiger charge is 2.02. The SMILES string of the molecule is O=[N+]([O-])/C=C/c1cccc(O)c1O. The third-order valence-corrected chi connectivity index (χ3v) is 1.42. The molecule has 0 bridgehead atoms. The zero-order chi connectivity index (χ0) is 9.84. The number of aromatic hydroxyl groups is 2. The van der Waals surface area contributed by atoms with Crippen LogP contribution in [0.5, 0.6) is 11.5 Å². The smallest absolute Gasteiger partial charge is 0.235 e. The van der Waals surface area contributed by atoms with E-state index in [1.807, 2.05) is 0 Å². The second-order valence-corrected chi connectivity index (χ2v) is 2.32. The van der Waals surface area contributed by atoms with Crippen LogP contribution >= 0.6 is 0 Å². The predicted octanol–water partition coefficient (Wildman–Crippen LogP) is 1.35. The molecule has 1 aromatic carbocycles. The lowest BCUT2D eigenvalue weighted by atomic mass is 10.2. The molecular formula is C8H7NO4. The Bertz CT molecular complexity index is 359. The molecule has 5 heteroatoms. The van der Waals surface area contributed by atoms with E-state index in [-0.39, 0.29) is 17.1 Å². The summed E-state index contributed by atoms with van der Waals surface area (Å²) in [6, 6.07) is 4.22. The molecule has 0 aliphatic carbocycles. The monoisotopic (exact) mass is 181 g/mol. The van der Waals surface area contributed by atoms with Crippen LogP contribution < -0.4 is 0 Å². The third-order valence-electron chi connectivity index (χ3n) is 1.42. The largest absolute Gasteiger partial charge is 0.504 e. The molecule has 0 aromatic heterocycles. The molecule has 0 heterocycles. The molecule has 5 nitrogen and oxygen atoms in total. The van der Waals surface area contributed by atoms with Crippen LogP contribution in [0.2, 0.25) is 0 Å². The van der Waals surface area contributed by atoms with Gasteiger partial charge in [-0.15, -0.1) is 0 Å². The van der Waals surface area contributed by atoms with Crippen molar-refractivity contribution in [3.8, 4) is 11.5 Å². The molecule has 2 N–H and O–H groups in total. The highest BCUT2D eigenvalue weighted by atomic mass is 16.6. The van der Waals surface area contributed by atoms with Gasteiger partial charge in [0.2, 0.25) is 6.20 Å². The minimum absolute atomic E-state index is 0.205. The molecule has 0 amide bonds.